The third-order valence-corrected chi connectivity index (χ3v) is 1.65. The average molecular weight is 151 g/mol. The minimum absolute atomic E-state index is 0.225. The monoisotopic (exact) mass is 151 g/mol. The summed E-state index contributed by atoms with van der Waals surface area (Å²) in [5, 5.41) is 0. The SMILES string of the molecule is COCC1(N)CC(F)(F)C1. The van der Waals surface area contributed by atoms with E-state index < -0.39 is 11.5 Å². The molecule has 0 radical (unpaired) electrons. The maximum Gasteiger partial charge on any atom is 0.251 e. The Kier molecular flexibility index (Phi) is 1.68. The van der Waals surface area contributed by atoms with Gasteiger partial charge < -0.3 is 10.5 Å². The van der Waals surface area contributed by atoms with Crippen molar-refractivity contribution >= 4 is 0 Å². The lowest BCUT2D eigenvalue weighted by Gasteiger charge is -2.43. The van der Waals surface area contributed by atoms with Gasteiger partial charge in [0.05, 0.1) is 12.1 Å². The highest BCUT2D eigenvalue weighted by Gasteiger charge is 2.54. The van der Waals surface area contributed by atoms with Gasteiger partial charge in [0.1, 0.15) is 0 Å². The summed E-state index contributed by atoms with van der Waals surface area (Å²) in [5.74, 6) is -2.55. The molecule has 0 aromatic heterocycles. The van der Waals surface area contributed by atoms with Crippen molar-refractivity contribution < 1.29 is 13.5 Å². The van der Waals surface area contributed by atoms with Crippen molar-refractivity contribution in [3.8, 4) is 0 Å². The highest BCUT2D eigenvalue weighted by molar-refractivity contribution is 5.03. The Balaban J connectivity index is 2.34. The van der Waals surface area contributed by atoms with Crippen LogP contribution in [-0.4, -0.2) is 25.2 Å². The molecule has 0 aromatic rings. The molecule has 0 atom stereocenters. The lowest BCUT2D eigenvalue weighted by atomic mass is 9.75. The number of rotatable bonds is 2. The molecule has 0 spiro atoms. The molecule has 0 aromatic carbocycles. The Labute approximate surface area is 58.3 Å². The summed E-state index contributed by atoms with van der Waals surface area (Å²) in [6, 6.07) is 0. The van der Waals surface area contributed by atoms with Crippen LogP contribution in [-0.2, 0) is 4.74 Å². The Morgan fingerprint density at radius 3 is 2.30 bits per heavy atom. The molecular formula is C6H11F2NO. The van der Waals surface area contributed by atoms with Crippen molar-refractivity contribution in [1.29, 1.82) is 0 Å². The summed E-state index contributed by atoms with van der Waals surface area (Å²) in [6.45, 7) is 0.225. The summed E-state index contributed by atoms with van der Waals surface area (Å²) in [5.41, 5.74) is 4.72. The van der Waals surface area contributed by atoms with Crippen LogP contribution in [0.1, 0.15) is 12.8 Å². The predicted octanol–water partition coefficient (Wildman–Crippen LogP) is 0.759. The highest BCUT2D eigenvalue weighted by atomic mass is 19.3. The molecule has 1 aliphatic carbocycles. The molecular weight excluding hydrogens is 140 g/mol. The fraction of sp³-hybridized carbons (Fsp3) is 1.00. The van der Waals surface area contributed by atoms with Crippen LogP contribution in [0.3, 0.4) is 0 Å². The zero-order chi connectivity index (χ0) is 7.83. The molecule has 0 saturated heterocycles. The summed E-state index contributed by atoms with van der Waals surface area (Å²) < 4.78 is 29.1. The van der Waals surface area contributed by atoms with Gasteiger partial charge in [-0.2, -0.15) is 0 Å². The van der Waals surface area contributed by atoms with Crippen molar-refractivity contribution in [2.45, 2.75) is 24.3 Å². The van der Waals surface area contributed by atoms with E-state index in [1.165, 1.54) is 7.11 Å². The quantitative estimate of drug-likeness (QED) is 0.632. The summed E-state index contributed by atoms with van der Waals surface area (Å²) >= 11 is 0. The van der Waals surface area contributed by atoms with Crippen molar-refractivity contribution in [3.05, 3.63) is 0 Å². The van der Waals surface area contributed by atoms with E-state index in [-0.39, 0.29) is 19.4 Å². The number of alkyl halides is 2. The second-order valence-corrected chi connectivity index (χ2v) is 3.00. The molecule has 2 nitrogen and oxygen atoms in total. The normalized spacial score (nSPS) is 27.6. The molecule has 60 valence electrons. The molecule has 0 heterocycles. The van der Waals surface area contributed by atoms with E-state index in [1.54, 1.807) is 0 Å². The zero-order valence-corrected chi connectivity index (χ0v) is 5.86. The van der Waals surface area contributed by atoms with Gasteiger partial charge in [-0.05, 0) is 0 Å². The van der Waals surface area contributed by atoms with Crippen molar-refractivity contribution in [2.24, 2.45) is 5.73 Å². The first-order chi connectivity index (χ1) is 4.47. The van der Waals surface area contributed by atoms with Crippen LogP contribution in [0.15, 0.2) is 0 Å². The number of methoxy groups -OCH3 is 1. The first kappa shape index (κ1) is 7.88. The van der Waals surface area contributed by atoms with Gasteiger partial charge in [-0.25, -0.2) is 8.78 Å². The van der Waals surface area contributed by atoms with Gasteiger partial charge in [-0.3, -0.25) is 0 Å². The first-order valence-electron chi connectivity index (χ1n) is 3.13. The number of ether oxygens (including phenoxy) is 1. The van der Waals surface area contributed by atoms with Gasteiger partial charge in [0.15, 0.2) is 0 Å². The lowest BCUT2D eigenvalue weighted by molar-refractivity contribution is -0.137. The Hall–Kier alpha value is -0.220. The zero-order valence-electron chi connectivity index (χ0n) is 5.86. The number of nitrogens with two attached hydrogens (primary N) is 1. The van der Waals surface area contributed by atoms with E-state index in [2.05, 4.69) is 4.74 Å². The van der Waals surface area contributed by atoms with Crippen LogP contribution in [0.4, 0.5) is 8.78 Å². The Bertz CT molecular complexity index is 130. The van der Waals surface area contributed by atoms with Crippen LogP contribution in [0.25, 0.3) is 0 Å². The van der Waals surface area contributed by atoms with Gasteiger partial charge in [0.25, 0.3) is 5.92 Å². The molecule has 2 N–H and O–H groups in total. The lowest BCUT2D eigenvalue weighted by Crippen LogP contribution is -2.60. The van der Waals surface area contributed by atoms with E-state index in [0.29, 0.717) is 0 Å². The minimum Gasteiger partial charge on any atom is -0.383 e. The predicted molar refractivity (Wildman–Crippen MR) is 33.0 cm³/mol. The van der Waals surface area contributed by atoms with E-state index in [4.69, 9.17) is 5.73 Å². The maximum atomic E-state index is 12.2. The molecule has 1 fully saturated rings. The van der Waals surface area contributed by atoms with E-state index in [9.17, 15) is 8.78 Å². The molecule has 1 rings (SSSR count). The largest absolute Gasteiger partial charge is 0.383 e. The van der Waals surface area contributed by atoms with E-state index in [1.807, 2.05) is 0 Å². The Morgan fingerprint density at radius 1 is 1.50 bits per heavy atom. The fourth-order valence-corrected chi connectivity index (χ4v) is 1.37. The molecule has 4 heteroatoms. The Morgan fingerprint density at radius 2 is 2.00 bits per heavy atom. The second-order valence-electron chi connectivity index (χ2n) is 3.00. The topological polar surface area (TPSA) is 35.2 Å². The minimum atomic E-state index is -2.55. The van der Waals surface area contributed by atoms with Crippen LogP contribution in [0.2, 0.25) is 0 Å². The van der Waals surface area contributed by atoms with E-state index >= 15 is 0 Å². The number of halogens is 2. The first-order valence-corrected chi connectivity index (χ1v) is 3.13. The molecule has 1 saturated carbocycles. The highest BCUT2D eigenvalue weighted by Crippen LogP contribution is 2.43. The molecule has 10 heavy (non-hydrogen) atoms. The van der Waals surface area contributed by atoms with Crippen molar-refractivity contribution in [1.82, 2.24) is 0 Å². The van der Waals surface area contributed by atoms with Crippen molar-refractivity contribution in [3.63, 3.8) is 0 Å². The standard InChI is InChI=1S/C6H11F2NO/c1-10-4-5(9)2-6(7,8)3-5/h2-4,9H2,1H3. The summed E-state index contributed by atoms with van der Waals surface area (Å²) in [6.07, 6.45) is -0.484. The van der Waals surface area contributed by atoms with Gasteiger partial charge in [-0.15, -0.1) is 0 Å². The smallest absolute Gasteiger partial charge is 0.251 e. The van der Waals surface area contributed by atoms with Gasteiger partial charge in [0, 0.05) is 20.0 Å². The molecule has 0 amide bonds. The maximum absolute atomic E-state index is 12.2. The van der Waals surface area contributed by atoms with Crippen molar-refractivity contribution in [2.75, 3.05) is 13.7 Å². The van der Waals surface area contributed by atoms with Gasteiger partial charge in [0.2, 0.25) is 0 Å². The fourth-order valence-electron chi connectivity index (χ4n) is 1.37. The third kappa shape index (κ3) is 1.44. The van der Waals surface area contributed by atoms with Crippen LogP contribution in [0, 0.1) is 0 Å². The third-order valence-electron chi connectivity index (χ3n) is 1.65. The molecule has 0 bridgehead atoms. The van der Waals surface area contributed by atoms with Gasteiger partial charge in [-0.1, -0.05) is 0 Å². The molecule has 0 unspecified atom stereocenters. The molecule has 1 aliphatic rings. The van der Waals surface area contributed by atoms with Crippen LogP contribution in [0.5, 0.6) is 0 Å². The molecule has 0 aliphatic heterocycles. The van der Waals surface area contributed by atoms with E-state index in [0.717, 1.165) is 0 Å². The number of hydrogen-bond acceptors (Lipinski definition) is 2. The summed E-state index contributed by atoms with van der Waals surface area (Å²) in [4.78, 5) is 0. The number of hydrogen-bond donors (Lipinski definition) is 1. The van der Waals surface area contributed by atoms with Gasteiger partial charge >= 0.3 is 0 Å². The summed E-state index contributed by atoms with van der Waals surface area (Å²) in [7, 11) is 1.46. The van der Waals surface area contributed by atoms with Crippen LogP contribution < -0.4 is 5.73 Å². The van der Waals surface area contributed by atoms with Crippen LogP contribution >= 0.6 is 0 Å². The second kappa shape index (κ2) is 2.13. The average Bonchev–Trinajstić information content (AvgIpc) is 1.58.